The normalized spacial score (nSPS) is 20.5. The summed E-state index contributed by atoms with van der Waals surface area (Å²) in [5.41, 5.74) is 3.69. The van der Waals surface area contributed by atoms with Crippen LogP contribution >= 0.6 is 0 Å². The second-order valence-corrected chi connectivity index (χ2v) is 14.5. The second kappa shape index (κ2) is 17.9. The zero-order valence-electron chi connectivity index (χ0n) is 28.5. The molecule has 1 aromatic heterocycles. The SMILES string of the molecule is CC(C)(CCc1cccnc1)NC(=O)C1CNCCN1CC(O)CC(Cc1ccccc1)C(=O)NC1c2ccccc2CC1O.O=S(=O)(O)O. The highest BCUT2D eigenvalue weighted by molar-refractivity contribution is 7.79. The van der Waals surface area contributed by atoms with Crippen LogP contribution in [0, 0.1) is 5.92 Å². The van der Waals surface area contributed by atoms with E-state index in [9.17, 15) is 19.8 Å². The first-order valence-corrected chi connectivity index (χ1v) is 18.2. The Labute approximate surface area is 294 Å². The van der Waals surface area contributed by atoms with Crippen molar-refractivity contribution in [3.63, 3.8) is 0 Å². The zero-order chi connectivity index (χ0) is 36.3. The van der Waals surface area contributed by atoms with Crippen molar-refractivity contribution in [2.24, 2.45) is 5.92 Å². The fraction of sp³-hybridized carbons (Fsp3) is 0.472. The number of aliphatic hydroxyl groups is 2. The summed E-state index contributed by atoms with van der Waals surface area (Å²) in [6.45, 7) is 6.17. The lowest BCUT2D eigenvalue weighted by atomic mass is 9.91. The molecule has 272 valence electrons. The topological polar surface area (TPSA) is 201 Å². The van der Waals surface area contributed by atoms with Crippen LogP contribution in [-0.2, 0) is 39.3 Å². The lowest BCUT2D eigenvalue weighted by Gasteiger charge is -2.38. The fourth-order valence-electron chi connectivity index (χ4n) is 6.58. The molecule has 2 aliphatic rings. The highest BCUT2D eigenvalue weighted by Crippen LogP contribution is 2.32. The summed E-state index contributed by atoms with van der Waals surface area (Å²) in [4.78, 5) is 33.5. The third-order valence-electron chi connectivity index (χ3n) is 9.08. The van der Waals surface area contributed by atoms with Gasteiger partial charge in [-0.15, -0.1) is 0 Å². The van der Waals surface area contributed by atoms with Crippen molar-refractivity contribution in [2.75, 3.05) is 26.2 Å². The molecule has 1 aliphatic carbocycles. The Balaban J connectivity index is 0.00000105. The van der Waals surface area contributed by atoms with Gasteiger partial charge in [0, 0.05) is 56.5 Å². The highest BCUT2D eigenvalue weighted by atomic mass is 32.3. The molecule has 5 unspecified atom stereocenters. The van der Waals surface area contributed by atoms with Crippen molar-refractivity contribution >= 4 is 22.2 Å². The van der Waals surface area contributed by atoms with Crippen LogP contribution in [0.5, 0.6) is 0 Å². The van der Waals surface area contributed by atoms with Crippen molar-refractivity contribution in [1.29, 1.82) is 0 Å². The number of fused-ring (bicyclic) bond motifs is 1. The van der Waals surface area contributed by atoms with E-state index in [2.05, 4.69) is 20.9 Å². The van der Waals surface area contributed by atoms with E-state index in [0.29, 0.717) is 32.5 Å². The number of aromatic nitrogens is 1. The van der Waals surface area contributed by atoms with Gasteiger partial charge in [0.1, 0.15) is 6.04 Å². The number of nitrogens with one attached hydrogen (secondary N) is 3. The lowest BCUT2D eigenvalue weighted by molar-refractivity contribution is -0.131. The minimum atomic E-state index is -4.67. The predicted octanol–water partition coefficient (Wildman–Crippen LogP) is 1.91. The van der Waals surface area contributed by atoms with Gasteiger partial charge in [0.15, 0.2) is 0 Å². The number of aliphatic hydroxyl groups excluding tert-OH is 2. The van der Waals surface area contributed by atoms with Crippen molar-refractivity contribution in [3.8, 4) is 0 Å². The summed E-state index contributed by atoms with van der Waals surface area (Å²) in [6, 6.07) is 20.6. The van der Waals surface area contributed by atoms with Crippen LogP contribution in [0.25, 0.3) is 0 Å². The van der Waals surface area contributed by atoms with Gasteiger partial charge < -0.3 is 26.2 Å². The molecule has 1 aliphatic heterocycles. The predicted molar refractivity (Wildman–Crippen MR) is 188 cm³/mol. The molecule has 14 heteroatoms. The summed E-state index contributed by atoms with van der Waals surface area (Å²) in [5, 5.41) is 31.8. The molecular formula is C36H49N5O8S. The van der Waals surface area contributed by atoms with Crippen molar-refractivity contribution in [2.45, 2.75) is 75.8 Å². The lowest BCUT2D eigenvalue weighted by Crippen LogP contribution is -2.61. The summed E-state index contributed by atoms with van der Waals surface area (Å²) in [7, 11) is -4.67. The number of pyridine rings is 1. The Morgan fingerprint density at radius 2 is 1.72 bits per heavy atom. The molecule has 7 N–H and O–H groups in total. The third-order valence-corrected chi connectivity index (χ3v) is 9.08. The molecule has 50 heavy (non-hydrogen) atoms. The van der Waals surface area contributed by atoms with Crippen LogP contribution in [0.15, 0.2) is 79.1 Å². The second-order valence-electron chi connectivity index (χ2n) is 13.6. The number of amides is 2. The number of β-amino-alcohol motifs (C(OH)–C–C–N with tert-alkyl or cyclic N) is 1. The number of rotatable bonds is 13. The highest BCUT2D eigenvalue weighted by Gasteiger charge is 2.36. The zero-order valence-corrected chi connectivity index (χ0v) is 29.3. The number of carbonyl (C=O) groups excluding carboxylic acids is 2. The molecule has 1 saturated heterocycles. The number of aryl methyl sites for hydroxylation is 1. The van der Waals surface area contributed by atoms with Gasteiger partial charge in [-0.2, -0.15) is 8.42 Å². The molecule has 0 saturated carbocycles. The molecule has 0 spiro atoms. The maximum absolute atomic E-state index is 13.8. The Hall–Kier alpha value is -3.76. The smallest absolute Gasteiger partial charge is 0.392 e. The van der Waals surface area contributed by atoms with Crippen molar-refractivity contribution < 1.29 is 37.3 Å². The van der Waals surface area contributed by atoms with Crippen LogP contribution in [0.3, 0.4) is 0 Å². The Bertz CT molecular complexity index is 1640. The number of piperazine rings is 1. The monoisotopic (exact) mass is 711 g/mol. The number of hydrogen-bond acceptors (Lipinski definition) is 9. The standard InChI is InChI=1S/C36H47N5O4.H2O4S/c1-36(2,15-14-26-11-8-16-37-22-26)40-35(45)31-23-38-17-18-41(31)24-29(42)20-28(19-25-9-4-3-5-10-25)34(44)39-33-30-13-7-6-12-27(30)21-32(33)43;1-5(2,3)4/h3-13,16,22,28-29,31-33,38,42-43H,14-15,17-21,23-24H2,1-2H3,(H,39,44)(H,40,45);(H2,1,2,3,4). The molecule has 3 aromatic rings. The van der Waals surface area contributed by atoms with Gasteiger partial charge in [0.05, 0.1) is 18.2 Å². The van der Waals surface area contributed by atoms with Crippen LogP contribution in [0.2, 0.25) is 0 Å². The first-order chi connectivity index (χ1) is 23.7. The Kier molecular flexibility index (Phi) is 14.0. The largest absolute Gasteiger partial charge is 0.394 e. The van der Waals surface area contributed by atoms with Gasteiger partial charge in [0.25, 0.3) is 0 Å². The van der Waals surface area contributed by atoms with Crippen molar-refractivity contribution in [3.05, 3.63) is 101 Å². The first kappa shape index (κ1) is 39.0. The first-order valence-electron chi connectivity index (χ1n) is 16.8. The van der Waals surface area contributed by atoms with E-state index in [0.717, 1.165) is 35.1 Å². The van der Waals surface area contributed by atoms with Crippen LogP contribution in [-0.4, -0.2) is 99.4 Å². The third kappa shape index (κ3) is 12.5. The van der Waals surface area contributed by atoms with E-state index in [1.807, 2.05) is 91.7 Å². The molecule has 2 heterocycles. The van der Waals surface area contributed by atoms with Crippen LogP contribution < -0.4 is 16.0 Å². The average Bonchev–Trinajstić information content (AvgIpc) is 3.38. The van der Waals surface area contributed by atoms with Crippen molar-refractivity contribution in [1.82, 2.24) is 25.8 Å². The number of nitrogens with zero attached hydrogens (tertiary/aromatic N) is 2. The summed E-state index contributed by atoms with van der Waals surface area (Å²) < 4.78 is 31.6. The van der Waals surface area contributed by atoms with Gasteiger partial charge in [-0.1, -0.05) is 60.7 Å². The summed E-state index contributed by atoms with van der Waals surface area (Å²) in [5.74, 6) is -0.773. The molecule has 5 atom stereocenters. The van der Waals surface area contributed by atoms with E-state index < -0.39 is 46.1 Å². The maximum atomic E-state index is 13.8. The van der Waals surface area contributed by atoms with E-state index in [4.69, 9.17) is 17.5 Å². The molecule has 2 amide bonds. The molecule has 2 aromatic carbocycles. The summed E-state index contributed by atoms with van der Waals surface area (Å²) >= 11 is 0. The molecular weight excluding hydrogens is 662 g/mol. The average molecular weight is 712 g/mol. The quantitative estimate of drug-likeness (QED) is 0.128. The summed E-state index contributed by atoms with van der Waals surface area (Å²) in [6.07, 6.45) is 4.87. The number of benzene rings is 2. The van der Waals surface area contributed by atoms with E-state index >= 15 is 0 Å². The number of hydrogen-bond donors (Lipinski definition) is 7. The number of carbonyl (C=O) groups is 2. The molecule has 13 nitrogen and oxygen atoms in total. The molecule has 5 rings (SSSR count). The minimum absolute atomic E-state index is 0.0712. The van der Waals surface area contributed by atoms with Crippen LogP contribution in [0.1, 0.15) is 55.0 Å². The van der Waals surface area contributed by atoms with E-state index in [1.54, 1.807) is 6.20 Å². The van der Waals surface area contributed by atoms with E-state index in [1.165, 1.54) is 0 Å². The van der Waals surface area contributed by atoms with Gasteiger partial charge in [0.2, 0.25) is 11.8 Å². The van der Waals surface area contributed by atoms with Crippen LogP contribution in [0.4, 0.5) is 0 Å². The van der Waals surface area contributed by atoms with Gasteiger partial charge in [-0.25, -0.2) is 0 Å². The fourth-order valence-corrected chi connectivity index (χ4v) is 6.58. The van der Waals surface area contributed by atoms with Gasteiger partial charge in [-0.05, 0) is 67.9 Å². The van der Waals surface area contributed by atoms with Gasteiger partial charge >= 0.3 is 10.4 Å². The molecule has 0 radical (unpaired) electrons. The molecule has 0 bridgehead atoms. The Morgan fingerprint density at radius 1 is 1.04 bits per heavy atom. The van der Waals surface area contributed by atoms with E-state index in [-0.39, 0.29) is 24.8 Å². The van der Waals surface area contributed by atoms with Gasteiger partial charge in [-0.3, -0.25) is 28.6 Å². The Morgan fingerprint density at radius 3 is 2.42 bits per heavy atom. The maximum Gasteiger partial charge on any atom is 0.394 e. The minimum Gasteiger partial charge on any atom is -0.392 e. The molecule has 1 fully saturated rings.